The van der Waals surface area contributed by atoms with Gasteiger partial charge in [-0.25, -0.2) is 0 Å². The van der Waals surface area contributed by atoms with E-state index in [9.17, 15) is 13.2 Å². The Labute approximate surface area is 91.0 Å². The van der Waals surface area contributed by atoms with Crippen LogP contribution in [0.2, 0.25) is 0 Å². The minimum absolute atomic E-state index is 0.0160. The Hall–Kier alpha value is -1.43. The number of ether oxygens (including phenoxy) is 2. The minimum atomic E-state index is -4.42. The predicted molar refractivity (Wildman–Crippen MR) is 53.2 cm³/mol. The van der Waals surface area contributed by atoms with Crippen LogP contribution in [0, 0.1) is 0 Å². The van der Waals surface area contributed by atoms with Crippen molar-refractivity contribution in [3.63, 3.8) is 0 Å². The standard InChI is InChI=1S/C10H12F3NO2/c1-15-2-3-16-9-5-7(10(11,12)13)4-8(14)6-9/h4-6H,2-3,14H2,1H3. The van der Waals surface area contributed by atoms with Gasteiger partial charge in [0.2, 0.25) is 0 Å². The molecule has 1 aromatic carbocycles. The molecule has 3 nitrogen and oxygen atoms in total. The highest BCUT2D eigenvalue weighted by molar-refractivity contribution is 5.48. The van der Waals surface area contributed by atoms with Crippen LogP contribution in [-0.2, 0) is 10.9 Å². The highest BCUT2D eigenvalue weighted by atomic mass is 19.4. The van der Waals surface area contributed by atoms with E-state index in [2.05, 4.69) is 0 Å². The Morgan fingerprint density at radius 3 is 2.44 bits per heavy atom. The van der Waals surface area contributed by atoms with Crippen molar-refractivity contribution >= 4 is 5.69 Å². The van der Waals surface area contributed by atoms with Gasteiger partial charge in [0.1, 0.15) is 12.4 Å². The molecule has 1 rings (SSSR count). The molecule has 0 bridgehead atoms. The molecule has 0 unspecified atom stereocenters. The van der Waals surface area contributed by atoms with E-state index in [1.54, 1.807) is 0 Å². The Balaban J connectivity index is 2.82. The number of rotatable bonds is 4. The Morgan fingerprint density at radius 1 is 1.19 bits per heavy atom. The Morgan fingerprint density at radius 2 is 1.88 bits per heavy atom. The van der Waals surface area contributed by atoms with Crippen molar-refractivity contribution in [2.45, 2.75) is 6.18 Å². The van der Waals surface area contributed by atoms with Gasteiger partial charge >= 0.3 is 6.18 Å². The van der Waals surface area contributed by atoms with Gasteiger partial charge in [-0.05, 0) is 12.1 Å². The molecule has 0 amide bonds. The zero-order chi connectivity index (χ0) is 12.2. The second-order valence-electron chi connectivity index (χ2n) is 3.13. The summed E-state index contributed by atoms with van der Waals surface area (Å²) >= 11 is 0. The lowest BCUT2D eigenvalue weighted by atomic mass is 10.2. The molecular weight excluding hydrogens is 223 g/mol. The molecule has 0 atom stereocenters. The summed E-state index contributed by atoms with van der Waals surface area (Å²) in [7, 11) is 1.48. The van der Waals surface area contributed by atoms with Gasteiger partial charge in [0.25, 0.3) is 0 Å². The van der Waals surface area contributed by atoms with E-state index in [1.165, 1.54) is 13.2 Å². The lowest BCUT2D eigenvalue weighted by Crippen LogP contribution is -2.08. The lowest BCUT2D eigenvalue weighted by Gasteiger charge is -2.11. The molecule has 1 aromatic rings. The molecule has 90 valence electrons. The Bertz CT molecular complexity index is 352. The molecule has 0 aliphatic rings. The first-order valence-corrected chi connectivity index (χ1v) is 4.53. The number of alkyl halides is 3. The van der Waals surface area contributed by atoms with E-state index < -0.39 is 11.7 Å². The van der Waals surface area contributed by atoms with Gasteiger partial charge in [-0.2, -0.15) is 13.2 Å². The van der Waals surface area contributed by atoms with E-state index in [-0.39, 0.29) is 18.0 Å². The maximum atomic E-state index is 12.4. The number of nitrogen functional groups attached to an aromatic ring is 1. The molecule has 6 heteroatoms. The van der Waals surface area contributed by atoms with E-state index in [1.807, 2.05) is 0 Å². The van der Waals surface area contributed by atoms with Crippen LogP contribution >= 0.6 is 0 Å². The molecule has 0 radical (unpaired) electrons. The molecule has 0 aromatic heterocycles. The topological polar surface area (TPSA) is 44.5 Å². The summed E-state index contributed by atoms with van der Waals surface area (Å²) in [5, 5.41) is 0. The second kappa shape index (κ2) is 5.07. The molecule has 0 saturated carbocycles. The fourth-order valence-electron chi connectivity index (χ4n) is 1.11. The summed E-state index contributed by atoms with van der Waals surface area (Å²) < 4.78 is 47.0. The van der Waals surface area contributed by atoms with Crippen LogP contribution in [0.25, 0.3) is 0 Å². The number of benzene rings is 1. The summed E-state index contributed by atoms with van der Waals surface area (Å²) in [5.74, 6) is 0.0874. The van der Waals surface area contributed by atoms with Crippen molar-refractivity contribution < 1.29 is 22.6 Å². The summed E-state index contributed by atoms with van der Waals surface area (Å²) in [4.78, 5) is 0. The van der Waals surface area contributed by atoms with E-state index >= 15 is 0 Å². The van der Waals surface area contributed by atoms with E-state index in [0.29, 0.717) is 6.61 Å². The summed E-state index contributed by atoms with van der Waals surface area (Å²) in [6.45, 7) is 0.480. The number of hydrogen-bond acceptors (Lipinski definition) is 3. The third-order valence-corrected chi connectivity index (χ3v) is 1.81. The zero-order valence-electron chi connectivity index (χ0n) is 8.67. The lowest BCUT2D eigenvalue weighted by molar-refractivity contribution is -0.137. The number of nitrogens with two attached hydrogens (primary N) is 1. The molecular formula is C10H12F3NO2. The summed E-state index contributed by atoms with van der Waals surface area (Å²) in [6, 6.07) is 3.11. The maximum absolute atomic E-state index is 12.4. The molecule has 0 spiro atoms. The maximum Gasteiger partial charge on any atom is 0.416 e. The van der Waals surface area contributed by atoms with Crippen LogP contribution in [0.5, 0.6) is 5.75 Å². The van der Waals surface area contributed by atoms with Gasteiger partial charge in [-0.15, -0.1) is 0 Å². The van der Waals surface area contributed by atoms with Gasteiger partial charge in [0, 0.05) is 18.9 Å². The quantitative estimate of drug-likeness (QED) is 0.643. The molecule has 16 heavy (non-hydrogen) atoms. The van der Waals surface area contributed by atoms with Gasteiger partial charge < -0.3 is 15.2 Å². The highest BCUT2D eigenvalue weighted by Gasteiger charge is 2.31. The average Bonchev–Trinajstić information content (AvgIpc) is 2.16. The molecule has 0 fully saturated rings. The predicted octanol–water partition coefficient (Wildman–Crippen LogP) is 2.31. The van der Waals surface area contributed by atoms with Gasteiger partial charge in [0.05, 0.1) is 12.2 Å². The second-order valence-corrected chi connectivity index (χ2v) is 3.13. The number of anilines is 1. The van der Waals surface area contributed by atoms with Crippen LogP contribution in [0.4, 0.5) is 18.9 Å². The monoisotopic (exact) mass is 235 g/mol. The van der Waals surface area contributed by atoms with E-state index in [0.717, 1.165) is 12.1 Å². The SMILES string of the molecule is COCCOc1cc(N)cc(C(F)(F)F)c1. The van der Waals surface area contributed by atoms with Crippen molar-refractivity contribution in [1.82, 2.24) is 0 Å². The largest absolute Gasteiger partial charge is 0.491 e. The first-order valence-electron chi connectivity index (χ1n) is 4.53. The van der Waals surface area contributed by atoms with Gasteiger partial charge in [0.15, 0.2) is 0 Å². The van der Waals surface area contributed by atoms with Crippen molar-refractivity contribution in [1.29, 1.82) is 0 Å². The zero-order valence-corrected chi connectivity index (χ0v) is 8.67. The third kappa shape index (κ3) is 3.62. The molecule has 0 heterocycles. The van der Waals surface area contributed by atoms with Crippen LogP contribution in [0.3, 0.4) is 0 Å². The summed E-state index contributed by atoms with van der Waals surface area (Å²) in [5.41, 5.74) is 4.55. The molecule has 0 aliphatic heterocycles. The number of hydrogen-bond donors (Lipinski definition) is 1. The van der Waals surface area contributed by atoms with Crippen molar-refractivity contribution in [3.05, 3.63) is 23.8 Å². The molecule has 0 saturated heterocycles. The number of methoxy groups -OCH3 is 1. The van der Waals surface area contributed by atoms with Crippen LogP contribution < -0.4 is 10.5 Å². The number of halogens is 3. The average molecular weight is 235 g/mol. The molecule has 2 N–H and O–H groups in total. The minimum Gasteiger partial charge on any atom is -0.491 e. The van der Waals surface area contributed by atoms with E-state index in [4.69, 9.17) is 15.2 Å². The smallest absolute Gasteiger partial charge is 0.416 e. The van der Waals surface area contributed by atoms with Crippen molar-refractivity contribution in [2.24, 2.45) is 0 Å². The van der Waals surface area contributed by atoms with Crippen molar-refractivity contribution in [2.75, 3.05) is 26.1 Å². The summed E-state index contributed by atoms with van der Waals surface area (Å²) in [6.07, 6.45) is -4.42. The van der Waals surface area contributed by atoms with Crippen LogP contribution in [0.1, 0.15) is 5.56 Å². The molecule has 0 aliphatic carbocycles. The van der Waals surface area contributed by atoms with Gasteiger partial charge in [-0.3, -0.25) is 0 Å². The van der Waals surface area contributed by atoms with Gasteiger partial charge in [-0.1, -0.05) is 0 Å². The fraction of sp³-hybridized carbons (Fsp3) is 0.400. The first-order chi connectivity index (χ1) is 7.43. The first kappa shape index (κ1) is 12.6. The normalized spacial score (nSPS) is 11.5. The van der Waals surface area contributed by atoms with Crippen LogP contribution in [0.15, 0.2) is 18.2 Å². The van der Waals surface area contributed by atoms with Crippen LogP contribution in [-0.4, -0.2) is 20.3 Å². The van der Waals surface area contributed by atoms with Crippen molar-refractivity contribution in [3.8, 4) is 5.75 Å². The Kier molecular flexibility index (Phi) is 4.00. The fourth-order valence-corrected chi connectivity index (χ4v) is 1.11. The third-order valence-electron chi connectivity index (χ3n) is 1.81. The highest BCUT2D eigenvalue weighted by Crippen LogP contribution is 2.33.